The van der Waals surface area contributed by atoms with Gasteiger partial charge in [-0.15, -0.1) is 0 Å². The van der Waals surface area contributed by atoms with Gasteiger partial charge in [0.15, 0.2) is 0 Å². The molecule has 0 saturated carbocycles. The fraction of sp³-hybridized carbons (Fsp3) is 0.750. The van der Waals surface area contributed by atoms with E-state index in [0.29, 0.717) is 6.42 Å². The summed E-state index contributed by atoms with van der Waals surface area (Å²) in [5, 5.41) is 11.3. The third-order valence-electron chi connectivity index (χ3n) is 2.63. The predicted molar refractivity (Wildman–Crippen MR) is 66.7 cm³/mol. The molecule has 2 unspecified atom stereocenters. The number of carboxylic acid groups (broad SMARTS) is 1. The van der Waals surface area contributed by atoms with E-state index in [4.69, 9.17) is 10.8 Å². The Bertz CT molecular complexity index is 304. The fourth-order valence-corrected chi connectivity index (χ4v) is 1.71. The molecule has 6 nitrogen and oxygen atoms in total. The number of nitrogens with one attached hydrogen (secondary N) is 1. The Morgan fingerprint density at radius 2 is 1.89 bits per heavy atom. The molecule has 0 aromatic rings. The lowest BCUT2D eigenvalue weighted by molar-refractivity contribution is -0.142. The lowest BCUT2D eigenvalue weighted by Gasteiger charge is -2.15. The third kappa shape index (κ3) is 7.65. The van der Waals surface area contributed by atoms with Crippen LogP contribution in [0.2, 0.25) is 0 Å². The first kappa shape index (κ1) is 16.4. The average molecular weight is 258 g/mol. The number of nitrogens with two attached hydrogens (primary N) is 1. The number of carbonyl (C=O) groups is 3. The van der Waals surface area contributed by atoms with Gasteiger partial charge >= 0.3 is 5.97 Å². The van der Waals surface area contributed by atoms with Crippen LogP contribution >= 0.6 is 0 Å². The van der Waals surface area contributed by atoms with Gasteiger partial charge in [0.1, 0.15) is 6.04 Å². The van der Waals surface area contributed by atoms with Crippen LogP contribution < -0.4 is 11.1 Å². The number of hydrogen-bond acceptors (Lipinski definition) is 3. The zero-order chi connectivity index (χ0) is 14.1. The van der Waals surface area contributed by atoms with E-state index in [1.165, 1.54) is 0 Å². The van der Waals surface area contributed by atoms with Crippen LogP contribution in [-0.2, 0) is 14.4 Å². The van der Waals surface area contributed by atoms with E-state index in [0.717, 1.165) is 12.8 Å². The molecular weight excluding hydrogens is 236 g/mol. The number of rotatable bonds is 9. The maximum atomic E-state index is 11.6. The van der Waals surface area contributed by atoms with Crippen LogP contribution in [-0.4, -0.2) is 28.9 Å². The van der Waals surface area contributed by atoms with Crippen molar-refractivity contribution in [2.75, 3.05) is 0 Å². The van der Waals surface area contributed by atoms with Crippen molar-refractivity contribution < 1.29 is 19.5 Å². The second kappa shape index (κ2) is 8.49. The molecule has 18 heavy (non-hydrogen) atoms. The van der Waals surface area contributed by atoms with E-state index in [2.05, 4.69) is 5.32 Å². The van der Waals surface area contributed by atoms with Crippen molar-refractivity contribution in [1.82, 2.24) is 5.32 Å². The van der Waals surface area contributed by atoms with Crippen molar-refractivity contribution in [2.45, 2.75) is 52.0 Å². The van der Waals surface area contributed by atoms with Gasteiger partial charge in [-0.05, 0) is 12.3 Å². The van der Waals surface area contributed by atoms with Gasteiger partial charge < -0.3 is 16.2 Å². The van der Waals surface area contributed by atoms with E-state index >= 15 is 0 Å². The van der Waals surface area contributed by atoms with Gasteiger partial charge in [-0.3, -0.25) is 9.59 Å². The van der Waals surface area contributed by atoms with Crippen molar-refractivity contribution in [3.05, 3.63) is 0 Å². The first-order valence-corrected chi connectivity index (χ1v) is 6.17. The molecule has 0 aliphatic heterocycles. The zero-order valence-corrected chi connectivity index (χ0v) is 10.9. The maximum absolute atomic E-state index is 11.6. The number of carbonyl (C=O) groups excluding carboxylic acids is 2. The number of amides is 2. The Balaban J connectivity index is 4.19. The topological polar surface area (TPSA) is 109 Å². The minimum atomic E-state index is -1.15. The number of aliphatic carboxylic acids is 1. The van der Waals surface area contributed by atoms with Crippen LogP contribution in [0.3, 0.4) is 0 Å². The van der Waals surface area contributed by atoms with Crippen LogP contribution in [0.1, 0.15) is 46.0 Å². The smallest absolute Gasteiger partial charge is 0.326 e. The standard InChI is InChI=1S/C12H22N2O4/c1-3-4-8(2)7-11(16)14-9(12(17)18)5-6-10(13)15/h8-9H,3-7H2,1-2H3,(H2,13,15)(H,14,16)(H,17,18). The molecule has 0 radical (unpaired) electrons. The highest BCUT2D eigenvalue weighted by Crippen LogP contribution is 2.10. The number of hydrogen-bond donors (Lipinski definition) is 3. The molecule has 0 saturated heterocycles. The largest absolute Gasteiger partial charge is 0.480 e. The van der Waals surface area contributed by atoms with E-state index < -0.39 is 17.9 Å². The Hall–Kier alpha value is -1.59. The highest BCUT2D eigenvalue weighted by Gasteiger charge is 2.21. The van der Waals surface area contributed by atoms with Crippen molar-refractivity contribution in [2.24, 2.45) is 11.7 Å². The van der Waals surface area contributed by atoms with Gasteiger partial charge in [-0.1, -0.05) is 26.7 Å². The fourth-order valence-electron chi connectivity index (χ4n) is 1.71. The minimum absolute atomic E-state index is 0.0264. The first-order chi connectivity index (χ1) is 8.36. The summed E-state index contributed by atoms with van der Waals surface area (Å²) in [5.41, 5.74) is 4.95. The van der Waals surface area contributed by atoms with Gasteiger partial charge in [0.2, 0.25) is 11.8 Å². The molecule has 0 aromatic carbocycles. The van der Waals surface area contributed by atoms with Gasteiger partial charge in [0, 0.05) is 12.8 Å². The predicted octanol–water partition coefficient (Wildman–Crippen LogP) is 0.648. The molecular formula is C12H22N2O4. The van der Waals surface area contributed by atoms with Crippen LogP contribution in [0.25, 0.3) is 0 Å². The number of carboxylic acids is 1. The van der Waals surface area contributed by atoms with Crippen LogP contribution in [0.15, 0.2) is 0 Å². The molecule has 0 spiro atoms. The molecule has 2 amide bonds. The lowest BCUT2D eigenvalue weighted by Crippen LogP contribution is -2.41. The summed E-state index contributed by atoms with van der Waals surface area (Å²) in [4.78, 5) is 33.1. The molecule has 4 N–H and O–H groups in total. The Morgan fingerprint density at radius 3 is 2.33 bits per heavy atom. The molecule has 0 aliphatic carbocycles. The molecule has 2 atom stereocenters. The lowest BCUT2D eigenvalue weighted by atomic mass is 10.0. The van der Waals surface area contributed by atoms with Crippen molar-refractivity contribution in [3.8, 4) is 0 Å². The van der Waals surface area contributed by atoms with E-state index in [1.54, 1.807) is 0 Å². The van der Waals surface area contributed by atoms with Gasteiger partial charge in [-0.2, -0.15) is 0 Å². The quantitative estimate of drug-likeness (QED) is 0.564. The summed E-state index contributed by atoms with van der Waals surface area (Å²) < 4.78 is 0. The highest BCUT2D eigenvalue weighted by molar-refractivity contribution is 5.84. The van der Waals surface area contributed by atoms with Gasteiger partial charge in [0.25, 0.3) is 0 Å². The number of primary amides is 1. The molecule has 0 heterocycles. The summed E-state index contributed by atoms with van der Waals surface area (Å²) in [6.45, 7) is 3.98. The summed E-state index contributed by atoms with van der Waals surface area (Å²) in [6, 6.07) is -1.04. The molecule has 0 aliphatic rings. The molecule has 0 bridgehead atoms. The highest BCUT2D eigenvalue weighted by atomic mass is 16.4. The van der Waals surface area contributed by atoms with Gasteiger partial charge in [-0.25, -0.2) is 4.79 Å². The zero-order valence-electron chi connectivity index (χ0n) is 10.9. The summed E-state index contributed by atoms with van der Waals surface area (Å²) in [6.07, 6.45) is 2.18. The summed E-state index contributed by atoms with van der Waals surface area (Å²) in [7, 11) is 0. The second-order valence-electron chi connectivity index (χ2n) is 4.56. The molecule has 0 aromatic heterocycles. The first-order valence-electron chi connectivity index (χ1n) is 6.17. The van der Waals surface area contributed by atoms with E-state index in [9.17, 15) is 14.4 Å². The monoisotopic (exact) mass is 258 g/mol. The second-order valence-corrected chi connectivity index (χ2v) is 4.56. The molecule has 6 heteroatoms. The van der Waals surface area contributed by atoms with Crippen LogP contribution in [0.4, 0.5) is 0 Å². The average Bonchev–Trinajstić information content (AvgIpc) is 2.23. The van der Waals surface area contributed by atoms with Crippen molar-refractivity contribution >= 4 is 17.8 Å². The molecule has 0 fully saturated rings. The summed E-state index contributed by atoms with van der Waals surface area (Å²) in [5.74, 6) is -1.80. The maximum Gasteiger partial charge on any atom is 0.326 e. The van der Waals surface area contributed by atoms with E-state index in [-0.39, 0.29) is 24.7 Å². The normalized spacial score (nSPS) is 13.7. The minimum Gasteiger partial charge on any atom is -0.480 e. The summed E-state index contributed by atoms with van der Waals surface area (Å²) >= 11 is 0. The van der Waals surface area contributed by atoms with Crippen molar-refractivity contribution in [1.29, 1.82) is 0 Å². The Labute approximate surface area is 107 Å². The van der Waals surface area contributed by atoms with E-state index in [1.807, 2.05) is 13.8 Å². The molecule has 104 valence electrons. The SMILES string of the molecule is CCCC(C)CC(=O)NC(CCC(N)=O)C(=O)O. The molecule has 0 rings (SSSR count). The third-order valence-corrected chi connectivity index (χ3v) is 2.63. The van der Waals surface area contributed by atoms with Crippen LogP contribution in [0, 0.1) is 5.92 Å². The van der Waals surface area contributed by atoms with Crippen molar-refractivity contribution in [3.63, 3.8) is 0 Å². The van der Waals surface area contributed by atoms with Crippen LogP contribution in [0.5, 0.6) is 0 Å². The van der Waals surface area contributed by atoms with Gasteiger partial charge in [0.05, 0.1) is 0 Å². The Morgan fingerprint density at radius 1 is 1.28 bits per heavy atom. The Kier molecular flexibility index (Phi) is 7.74.